The molecule has 1 aromatic carbocycles. The van der Waals surface area contributed by atoms with E-state index in [0.29, 0.717) is 15.7 Å². The van der Waals surface area contributed by atoms with Gasteiger partial charge in [0.1, 0.15) is 0 Å². The van der Waals surface area contributed by atoms with Crippen molar-refractivity contribution < 1.29 is 4.79 Å². The predicted molar refractivity (Wildman–Crippen MR) is 72.5 cm³/mol. The fourth-order valence-corrected chi connectivity index (χ4v) is 1.89. The smallest absolute Gasteiger partial charge is 0.241 e. The molecule has 0 aliphatic heterocycles. The van der Waals surface area contributed by atoms with Crippen LogP contribution in [0, 0.1) is 5.92 Å². The van der Waals surface area contributed by atoms with Gasteiger partial charge in [0.05, 0.1) is 6.04 Å². The molecule has 0 saturated carbocycles. The summed E-state index contributed by atoms with van der Waals surface area (Å²) in [6.45, 7) is 3.93. The Kier molecular flexibility index (Phi) is 5.25. The number of carbonyl (C=O) groups excluding carboxylic acids is 1. The molecule has 5 heteroatoms. The average molecular weight is 275 g/mol. The van der Waals surface area contributed by atoms with E-state index >= 15 is 0 Å². The Morgan fingerprint density at radius 2 is 1.88 bits per heavy atom. The second-order valence-corrected chi connectivity index (χ2v) is 4.93. The van der Waals surface area contributed by atoms with Crippen molar-refractivity contribution in [1.29, 1.82) is 0 Å². The van der Waals surface area contributed by atoms with Crippen LogP contribution in [0.1, 0.15) is 20.3 Å². The zero-order valence-corrected chi connectivity index (χ0v) is 11.3. The zero-order chi connectivity index (χ0) is 13.0. The number of hydrogen-bond donors (Lipinski definition) is 2. The average Bonchev–Trinajstić information content (AvgIpc) is 2.25. The van der Waals surface area contributed by atoms with Crippen LogP contribution in [0.2, 0.25) is 10.0 Å². The molecule has 0 aliphatic carbocycles. The minimum Gasteiger partial charge on any atom is -0.325 e. The molecule has 1 unspecified atom stereocenters. The normalized spacial score (nSPS) is 14.2. The van der Waals surface area contributed by atoms with Gasteiger partial charge in [-0.2, -0.15) is 0 Å². The number of nitrogens with two attached hydrogens (primary N) is 1. The lowest BCUT2D eigenvalue weighted by Gasteiger charge is -2.17. The first-order valence-corrected chi connectivity index (χ1v) is 6.22. The van der Waals surface area contributed by atoms with Gasteiger partial charge in [-0.25, -0.2) is 0 Å². The Labute approximate surface area is 111 Å². The molecule has 0 fully saturated rings. The number of halogens is 2. The molecule has 0 bridgehead atoms. The number of benzene rings is 1. The molecule has 17 heavy (non-hydrogen) atoms. The third-order valence-corrected chi connectivity index (χ3v) is 3.13. The van der Waals surface area contributed by atoms with E-state index in [9.17, 15) is 4.79 Å². The van der Waals surface area contributed by atoms with Crippen LogP contribution < -0.4 is 11.1 Å². The van der Waals surface area contributed by atoms with Crippen LogP contribution in [0.25, 0.3) is 0 Å². The highest BCUT2D eigenvalue weighted by Gasteiger charge is 2.19. The molecule has 94 valence electrons. The van der Waals surface area contributed by atoms with Gasteiger partial charge in [-0.1, -0.05) is 43.5 Å². The predicted octanol–water partition coefficient (Wildman–Crippen LogP) is 3.31. The van der Waals surface area contributed by atoms with Crippen molar-refractivity contribution in [3.63, 3.8) is 0 Å². The van der Waals surface area contributed by atoms with Crippen molar-refractivity contribution in [3.05, 3.63) is 28.2 Å². The quantitative estimate of drug-likeness (QED) is 0.885. The van der Waals surface area contributed by atoms with E-state index in [0.717, 1.165) is 6.42 Å². The minimum absolute atomic E-state index is 0.129. The molecule has 3 N–H and O–H groups in total. The fraction of sp³-hybridized carbons (Fsp3) is 0.417. The molecule has 0 spiro atoms. The van der Waals surface area contributed by atoms with Gasteiger partial charge in [0.2, 0.25) is 5.91 Å². The monoisotopic (exact) mass is 274 g/mol. The maximum Gasteiger partial charge on any atom is 0.241 e. The summed E-state index contributed by atoms with van der Waals surface area (Å²) in [5.74, 6) is -0.0951. The summed E-state index contributed by atoms with van der Waals surface area (Å²) < 4.78 is 0. The summed E-state index contributed by atoms with van der Waals surface area (Å²) in [7, 11) is 0. The minimum atomic E-state index is -0.530. The number of nitrogens with one attached hydrogen (secondary N) is 1. The summed E-state index contributed by atoms with van der Waals surface area (Å²) in [5, 5.41) is 3.66. The number of hydrogen-bond acceptors (Lipinski definition) is 2. The first-order chi connectivity index (χ1) is 7.93. The second-order valence-electron chi connectivity index (χ2n) is 4.06. The summed E-state index contributed by atoms with van der Waals surface area (Å²) in [5.41, 5.74) is 6.38. The van der Waals surface area contributed by atoms with E-state index in [1.165, 1.54) is 0 Å². The lowest BCUT2D eigenvalue weighted by molar-refractivity contribution is -0.118. The lowest BCUT2D eigenvalue weighted by Crippen LogP contribution is -2.40. The van der Waals surface area contributed by atoms with Gasteiger partial charge in [0.25, 0.3) is 0 Å². The highest BCUT2D eigenvalue weighted by Crippen LogP contribution is 2.22. The SMILES string of the molecule is CCC(C)[C@H](N)C(=O)Nc1cc(Cl)cc(Cl)c1. The van der Waals surface area contributed by atoms with Gasteiger partial charge in [-0.15, -0.1) is 0 Å². The number of carbonyl (C=O) groups is 1. The first kappa shape index (κ1) is 14.3. The Hall–Kier alpha value is -0.770. The maximum atomic E-state index is 11.8. The van der Waals surface area contributed by atoms with Gasteiger partial charge in [0.15, 0.2) is 0 Å². The molecular formula is C12H16Cl2N2O. The standard InChI is InChI=1S/C12H16Cl2N2O/c1-3-7(2)11(15)12(17)16-10-5-8(13)4-9(14)6-10/h4-7,11H,3,15H2,1-2H3,(H,16,17)/t7?,11-/m0/s1. The van der Waals surface area contributed by atoms with Crippen LogP contribution in [0.15, 0.2) is 18.2 Å². The fourth-order valence-electron chi connectivity index (χ4n) is 1.36. The number of rotatable bonds is 4. The van der Waals surface area contributed by atoms with Crippen LogP contribution >= 0.6 is 23.2 Å². The molecule has 2 atom stereocenters. The van der Waals surface area contributed by atoms with Gasteiger partial charge < -0.3 is 11.1 Å². The van der Waals surface area contributed by atoms with E-state index in [2.05, 4.69) is 5.32 Å². The van der Waals surface area contributed by atoms with Gasteiger partial charge in [0, 0.05) is 15.7 Å². The van der Waals surface area contributed by atoms with E-state index in [4.69, 9.17) is 28.9 Å². The summed E-state index contributed by atoms with van der Waals surface area (Å²) in [6, 6.07) is 4.34. The summed E-state index contributed by atoms with van der Waals surface area (Å²) >= 11 is 11.7. The van der Waals surface area contributed by atoms with Crippen molar-refractivity contribution in [2.75, 3.05) is 5.32 Å². The summed E-state index contributed by atoms with van der Waals surface area (Å²) in [4.78, 5) is 11.8. The number of amides is 1. The molecule has 0 heterocycles. The molecule has 1 amide bonds. The molecule has 1 rings (SSSR count). The molecule has 0 radical (unpaired) electrons. The van der Waals surface area contributed by atoms with Crippen molar-refractivity contribution in [2.24, 2.45) is 11.7 Å². The van der Waals surface area contributed by atoms with Crippen LogP contribution in [-0.4, -0.2) is 11.9 Å². The van der Waals surface area contributed by atoms with Crippen molar-refractivity contribution >= 4 is 34.8 Å². The topological polar surface area (TPSA) is 55.1 Å². The maximum absolute atomic E-state index is 11.8. The second kappa shape index (κ2) is 6.24. The van der Waals surface area contributed by atoms with E-state index < -0.39 is 6.04 Å². The molecule has 1 aromatic rings. The number of anilines is 1. The van der Waals surface area contributed by atoms with Crippen LogP contribution in [0.4, 0.5) is 5.69 Å². The Morgan fingerprint density at radius 3 is 2.35 bits per heavy atom. The van der Waals surface area contributed by atoms with E-state index in [1.54, 1.807) is 18.2 Å². The molecule has 0 saturated heterocycles. The molecule has 3 nitrogen and oxygen atoms in total. The van der Waals surface area contributed by atoms with Crippen molar-refractivity contribution in [3.8, 4) is 0 Å². The van der Waals surface area contributed by atoms with E-state index in [-0.39, 0.29) is 11.8 Å². The molecule has 0 aliphatic rings. The van der Waals surface area contributed by atoms with Crippen molar-refractivity contribution in [2.45, 2.75) is 26.3 Å². The van der Waals surface area contributed by atoms with Gasteiger partial charge >= 0.3 is 0 Å². The molecular weight excluding hydrogens is 259 g/mol. The Bertz CT molecular complexity index is 389. The molecule has 0 aromatic heterocycles. The van der Waals surface area contributed by atoms with Crippen LogP contribution in [0.3, 0.4) is 0 Å². The summed E-state index contributed by atoms with van der Waals surface area (Å²) in [6.07, 6.45) is 0.852. The van der Waals surface area contributed by atoms with Crippen LogP contribution in [-0.2, 0) is 4.79 Å². The third-order valence-electron chi connectivity index (χ3n) is 2.69. The third kappa shape index (κ3) is 4.19. The highest BCUT2D eigenvalue weighted by atomic mass is 35.5. The lowest BCUT2D eigenvalue weighted by atomic mass is 9.99. The van der Waals surface area contributed by atoms with Crippen LogP contribution in [0.5, 0.6) is 0 Å². The van der Waals surface area contributed by atoms with Gasteiger partial charge in [-0.05, 0) is 24.1 Å². The largest absolute Gasteiger partial charge is 0.325 e. The zero-order valence-electron chi connectivity index (χ0n) is 9.84. The highest BCUT2D eigenvalue weighted by molar-refractivity contribution is 6.35. The Balaban J connectivity index is 2.74. The van der Waals surface area contributed by atoms with E-state index in [1.807, 2.05) is 13.8 Å². The first-order valence-electron chi connectivity index (χ1n) is 5.46. The Morgan fingerprint density at radius 1 is 1.35 bits per heavy atom. The van der Waals surface area contributed by atoms with Crippen molar-refractivity contribution in [1.82, 2.24) is 0 Å². The van der Waals surface area contributed by atoms with Gasteiger partial charge in [-0.3, -0.25) is 4.79 Å².